The number of terminal acetylenes is 1. The maximum Gasteiger partial charge on any atom is 0.255 e. The van der Waals surface area contributed by atoms with E-state index < -0.39 is 17.8 Å². The van der Waals surface area contributed by atoms with Crippen LogP contribution in [0.5, 0.6) is 0 Å². The van der Waals surface area contributed by atoms with E-state index in [1.165, 1.54) is 12.1 Å². The molecule has 1 atom stereocenters. The average molecular weight is 270 g/mol. The number of hydrogen-bond donors (Lipinski definition) is 1. The summed E-state index contributed by atoms with van der Waals surface area (Å²) in [7, 11) is 0. The fourth-order valence-electron chi connectivity index (χ4n) is 0.990. The van der Waals surface area contributed by atoms with Gasteiger partial charge in [0.05, 0.1) is 11.6 Å². The van der Waals surface area contributed by atoms with E-state index in [4.69, 9.17) is 6.42 Å². The predicted molar refractivity (Wildman–Crippen MR) is 59.9 cm³/mol. The van der Waals surface area contributed by atoms with Gasteiger partial charge in [-0.3, -0.25) is 4.79 Å². The van der Waals surface area contributed by atoms with Crippen molar-refractivity contribution in [2.75, 3.05) is 0 Å². The zero-order chi connectivity index (χ0) is 11.4. The molecule has 1 amide bonds. The quantitative estimate of drug-likeness (QED) is 0.821. The van der Waals surface area contributed by atoms with Gasteiger partial charge in [0.1, 0.15) is 5.82 Å². The van der Waals surface area contributed by atoms with E-state index in [0.717, 1.165) is 0 Å². The van der Waals surface area contributed by atoms with Gasteiger partial charge in [0.25, 0.3) is 5.91 Å². The Labute approximate surface area is 96.0 Å². The van der Waals surface area contributed by atoms with Gasteiger partial charge in [0, 0.05) is 4.47 Å². The van der Waals surface area contributed by atoms with Crippen LogP contribution in [0.15, 0.2) is 22.7 Å². The van der Waals surface area contributed by atoms with Crippen LogP contribution >= 0.6 is 15.9 Å². The van der Waals surface area contributed by atoms with Gasteiger partial charge in [0.2, 0.25) is 0 Å². The monoisotopic (exact) mass is 269 g/mol. The van der Waals surface area contributed by atoms with Crippen molar-refractivity contribution < 1.29 is 9.18 Å². The zero-order valence-electron chi connectivity index (χ0n) is 8.05. The molecule has 0 heterocycles. The molecule has 78 valence electrons. The number of carbonyl (C=O) groups is 1. The maximum atomic E-state index is 13.3. The number of halogens is 2. The highest BCUT2D eigenvalue weighted by atomic mass is 79.9. The van der Waals surface area contributed by atoms with Crippen molar-refractivity contribution in [1.29, 1.82) is 0 Å². The Morgan fingerprint density at radius 1 is 1.67 bits per heavy atom. The van der Waals surface area contributed by atoms with E-state index in [9.17, 15) is 9.18 Å². The Balaban J connectivity index is 2.88. The Bertz CT molecular complexity index is 425. The lowest BCUT2D eigenvalue weighted by Crippen LogP contribution is -2.31. The van der Waals surface area contributed by atoms with E-state index in [0.29, 0.717) is 4.47 Å². The minimum absolute atomic E-state index is 0.0136. The molecular formula is C11H9BrFNO. The summed E-state index contributed by atoms with van der Waals surface area (Å²) in [6.45, 7) is 1.65. The third-order valence-corrected chi connectivity index (χ3v) is 2.27. The van der Waals surface area contributed by atoms with Crippen molar-refractivity contribution in [2.45, 2.75) is 13.0 Å². The molecule has 0 saturated heterocycles. The summed E-state index contributed by atoms with van der Waals surface area (Å²) < 4.78 is 13.9. The summed E-state index contributed by atoms with van der Waals surface area (Å²) in [4.78, 5) is 11.5. The minimum atomic E-state index is -0.578. The van der Waals surface area contributed by atoms with Gasteiger partial charge in [-0.15, -0.1) is 6.42 Å². The van der Waals surface area contributed by atoms with Crippen molar-refractivity contribution in [1.82, 2.24) is 5.32 Å². The van der Waals surface area contributed by atoms with Gasteiger partial charge >= 0.3 is 0 Å². The molecule has 0 aliphatic rings. The third kappa shape index (κ3) is 3.07. The molecule has 0 aromatic heterocycles. The Morgan fingerprint density at radius 3 is 2.87 bits per heavy atom. The number of benzene rings is 1. The second kappa shape index (κ2) is 4.94. The largest absolute Gasteiger partial charge is 0.339 e. The highest BCUT2D eigenvalue weighted by Gasteiger charge is 2.12. The van der Waals surface area contributed by atoms with Crippen LogP contribution in [0, 0.1) is 18.2 Å². The smallest absolute Gasteiger partial charge is 0.255 e. The lowest BCUT2D eigenvalue weighted by atomic mass is 10.2. The molecule has 15 heavy (non-hydrogen) atoms. The predicted octanol–water partition coefficient (Wildman–Crippen LogP) is 2.34. The molecule has 1 aromatic carbocycles. The van der Waals surface area contributed by atoms with E-state index in [-0.39, 0.29) is 5.56 Å². The van der Waals surface area contributed by atoms with Gasteiger partial charge in [-0.05, 0) is 25.1 Å². The Hall–Kier alpha value is -1.34. The highest BCUT2D eigenvalue weighted by molar-refractivity contribution is 9.10. The van der Waals surface area contributed by atoms with Crippen molar-refractivity contribution in [3.63, 3.8) is 0 Å². The summed E-state index contributed by atoms with van der Waals surface area (Å²) in [5.41, 5.74) is -0.0136. The van der Waals surface area contributed by atoms with Gasteiger partial charge in [0.15, 0.2) is 0 Å². The Morgan fingerprint density at radius 2 is 2.33 bits per heavy atom. The molecule has 0 aliphatic carbocycles. The summed E-state index contributed by atoms with van der Waals surface area (Å²) in [5, 5.41) is 2.48. The minimum Gasteiger partial charge on any atom is -0.339 e. The van der Waals surface area contributed by atoms with Crippen molar-refractivity contribution in [3.8, 4) is 12.3 Å². The van der Waals surface area contributed by atoms with E-state index in [1.807, 2.05) is 0 Å². The normalized spacial score (nSPS) is 11.6. The first-order chi connectivity index (χ1) is 7.04. The molecule has 1 rings (SSSR count). The number of amides is 1. The molecule has 0 fully saturated rings. The maximum absolute atomic E-state index is 13.3. The summed E-state index contributed by atoms with van der Waals surface area (Å²) in [6, 6.07) is 3.81. The van der Waals surface area contributed by atoms with Crippen LogP contribution in [0.2, 0.25) is 0 Å². The fourth-order valence-corrected chi connectivity index (χ4v) is 1.32. The molecule has 1 N–H and O–H groups in total. The number of carbonyl (C=O) groups excluding carboxylic acids is 1. The molecule has 2 nitrogen and oxygen atoms in total. The first-order valence-electron chi connectivity index (χ1n) is 4.26. The first kappa shape index (κ1) is 11.7. The molecule has 0 spiro atoms. The third-order valence-electron chi connectivity index (χ3n) is 1.77. The molecule has 0 bridgehead atoms. The lowest BCUT2D eigenvalue weighted by Gasteiger charge is -2.08. The van der Waals surface area contributed by atoms with Crippen molar-refractivity contribution in [2.24, 2.45) is 0 Å². The number of rotatable bonds is 2. The first-order valence-corrected chi connectivity index (χ1v) is 5.06. The van der Waals surface area contributed by atoms with Gasteiger partial charge in [-0.2, -0.15) is 0 Å². The topological polar surface area (TPSA) is 29.1 Å². The second-order valence-corrected chi connectivity index (χ2v) is 3.90. The van der Waals surface area contributed by atoms with E-state index in [1.54, 1.807) is 13.0 Å². The molecule has 0 radical (unpaired) electrons. The fraction of sp³-hybridized carbons (Fsp3) is 0.182. The molecule has 1 unspecified atom stereocenters. The zero-order valence-corrected chi connectivity index (χ0v) is 9.64. The average Bonchev–Trinajstić information content (AvgIpc) is 2.17. The van der Waals surface area contributed by atoms with Crippen LogP contribution < -0.4 is 5.32 Å². The standard InChI is InChI=1S/C11H9BrFNO/c1-3-7(2)14-11(15)9-5-4-8(12)6-10(9)13/h1,4-7H,2H3,(H,14,15). The summed E-state index contributed by atoms with van der Waals surface area (Å²) in [5.74, 6) is 1.25. The van der Waals surface area contributed by atoms with Gasteiger partial charge in [-0.25, -0.2) is 4.39 Å². The van der Waals surface area contributed by atoms with Crippen LogP contribution in [0.25, 0.3) is 0 Å². The lowest BCUT2D eigenvalue weighted by molar-refractivity contribution is 0.0944. The van der Waals surface area contributed by atoms with Gasteiger partial charge in [-0.1, -0.05) is 21.9 Å². The Kier molecular flexibility index (Phi) is 3.87. The van der Waals surface area contributed by atoms with Crippen LogP contribution in [-0.2, 0) is 0 Å². The molecule has 0 aliphatic heterocycles. The molecule has 0 saturated carbocycles. The number of hydrogen-bond acceptors (Lipinski definition) is 1. The van der Waals surface area contributed by atoms with Crippen molar-refractivity contribution >= 4 is 21.8 Å². The molecule has 4 heteroatoms. The van der Waals surface area contributed by atoms with Crippen molar-refractivity contribution in [3.05, 3.63) is 34.1 Å². The van der Waals surface area contributed by atoms with Crippen LogP contribution in [-0.4, -0.2) is 11.9 Å². The molecular weight excluding hydrogens is 261 g/mol. The van der Waals surface area contributed by atoms with Crippen LogP contribution in [0.4, 0.5) is 4.39 Å². The SMILES string of the molecule is C#CC(C)NC(=O)c1ccc(Br)cc1F. The second-order valence-electron chi connectivity index (χ2n) is 2.99. The van der Waals surface area contributed by atoms with Gasteiger partial charge < -0.3 is 5.32 Å². The number of nitrogens with one attached hydrogen (secondary N) is 1. The molecule has 1 aromatic rings. The van der Waals surface area contributed by atoms with Crippen LogP contribution in [0.3, 0.4) is 0 Å². The summed E-state index contributed by atoms with van der Waals surface area (Å²) >= 11 is 3.11. The summed E-state index contributed by atoms with van der Waals surface area (Å²) in [6.07, 6.45) is 5.09. The highest BCUT2D eigenvalue weighted by Crippen LogP contribution is 2.15. The van der Waals surface area contributed by atoms with E-state index >= 15 is 0 Å². The van der Waals surface area contributed by atoms with E-state index in [2.05, 4.69) is 27.2 Å². The van der Waals surface area contributed by atoms with Crippen LogP contribution in [0.1, 0.15) is 17.3 Å².